The molecule has 0 aliphatic heterocycles. The Hall–Kier alpha value is -2.14. The average molecular weight is 385 g/mol. The quantitative estimate of drug-likeness (QED) is 0.310. The number of carbonyl (C=O) groups excluding carboxylic acids is 3. The van der Waals surface area contributed by atoms with Gasteiger partial charge >= 0.3 is 5.97 Å². The average Bonchev–Trinajstić information content (AvgIpc) is 2.94. The third kappa shape index (κ3) is 2.55. The van der Waals surface area contributed by atoms with Crippen LogP contribution in [0, 0.1) is 28.6 Å². The van der Waals surface area contributed by atoms with Gasteiger partial charge in [0.25, 0.3) is 0 Å². The minimum Gasteiger partial charge on any atom is -0.461 e. The Bertz CT molecular complexity index is 830. The number of carbonyl (C=O) groups is 3. The number of nitrogens with zero attached hydrogens (tertiary/aromatic N) is 3. The summed E-state index contributed by atoms with van der Waals surface area (Å²) in [5, 5.41) is 4.03. The zero-order chi connectivity index (χ0) is 20.3. The number of Topliss-reactive ketones (excluding diaryl/α,β-unsaturated/α-hetero) is 1. The van der Waals surface area contributed by atoms with Gasteiger partial charge in [-0.15, -0.1) is 0 Å². The van der Waals surface area contributed by atoms with Crippen molar-refractivity contribution < 1.29 is 19.1 Å². The molecular weight excluding hydrogens is 358 g/mol. The summed E-state index contributed by atoms with van der Waals surface area (Å²) in [6, 6.07) is -0.692. The van der Waals surface area contributed by atoms with Crippen molar-refractivity contribution in [2.45, 2.75) is 71.4 Å². The number of rotatable bonds is 2. The van der Waals surface area contributed by atoms with Gasteiger partial charge in [0.1, 0.15) is 11.9 Å². The fourth-order valence-corrected chi connectivity index (χ4v) is 6.84. The highest BCUT2D eigenvalue weighted by Crippen LogP contribution is 2.65. The molecule has 0 heterocycles. The van der Waals surface area contributed by atoms with Crippen molar-refractivity contribution in [1.82, 2.24) is 0 Å². The maximum absolute atomic E-state index is 12.7. The summed E-state index contributed by atoms with van der Waals surface area (Å²) < 4.78 is 5.78. The molecule has 4 aliphatic carbocycles. The standard InChI is InChI=1S/C21H27N3O4/c1-11(25)28-19-17-13-4-5-16(27)21(13,3)9-7-14(17)20(2)8-6-12(26)10-15(20)18(19)23-24-22/h10,13-14,17-19H,4-9H2,1-3H3/t13?,14?,17?,18-,19-,20+,21-/m0/s1. The SMILES string of the molecule is CC(=O)O[C@H]1C2C(CC[C@]3(C)C(=O)CCC23)[C@@]2(C)CCC(=O)C=C2[C@@H]1N=[N+]=[N-]. The summed E-state index contributed by atoms with van der Waals surface area (Å²) in [4.78, 5) is 39.9. The molecule has 0 spiro atoms. The summed E-state index contributed by atoms with van der Waals surface area (Å²) in [5.74, 6) is 0.163. The van der Waals surface area contributed by atoms with Crippen LogP contribution in [0.25, 0.3) is 10.4 Å². The Morgan fingerprint density at radius 3 is 2.57 bits per heavy atom. The van der Waals surface area contributed by atoms with Crippen LogP contribution in [0.1, 0.15) is 59.3 Å². The van der Waals surface area contributed by atoms with E-state index >= 15 is 0 Å². The highest BCUT2D eigenvalue weighted by atomic mass is 16.5. The molecule has 0 saturated heterocycles. The van der Waals surface area contributed by atoms with E-state index in [2.05, 4.69) is 23.9 Å². The van der Waals surface area contributed by atoms with Gasteiger partial charge in [-0.2, -0.15) is 0 Å². The Morgan fingerprint density at radius 1 is 1.18 bits per heavy atom. The lowest BCUT2D eigenvalue weighted by atomic mass is 9.46. The third-order valence-electron chi connectivity index (χ3n) is 8.21. The van der Waals surface area contributed by atoms with Gasteiger partial charge in [0.05, 0.1) is 6.04 Å². The zero-order valence-electron chi connectivity index (χ0n) is 16.7. The maximum atomic E-state index is 12.7. The highest BCUT2D eigenvalue weighted by molar-refractivity contribution is 5.92. The summed E-state index contributed by atoms with van der Waals surface area (Å²) in [5.41, 5.74) is 9.37. The van der Waals surface area contributed by atoms with Crippen LogP contribution < -0.4 is 0 Å². The first-order chi connectivity index (χ1) is 13.2. The molecule has 0 radical (unpaired) electrons. The molecule has 3 unspecified atom stereocenters. The van der Waals surface area contributed by atoms with Crippen molar-refractivity contribution in [3.05, 3.63) is 22.1 Å². The second kappa shape index (κ2) is 6.45. The van der Waals surface area contributed by atoms with Gasteiger partial charge in [0, 0.05) is 36.0 Å². The fraction of sp³-hybridized carbons (Fsp3) is 0.762. The molecule has 3 saturated carbocycles. The van der Waals surface area contributed by atoms with Crippen molar-refractivity contribution in [1.29, 1.82) is 0 Å². The number of fused-ring (bicyclic) bond motifs is 5. The van der Waals surface area contributed by atoms with E-state index < -0.39 is 23.5 Å². The molecule has 0 aromatic heterocycles. The van der Waals surface area contributed by atoms with Crippen molar-refractivity contribution >= 4 is 17.5 Å². The number of esters is 1. The first-order valence-electron chi connectivity index (χ1n) is 10.2. The molecule has 0 aromatic rings. The summed E-state index contributed by atoms with van der Waals surface area (Å²) in [6.45, 7) is 5.57. The van der Waals surface area contributed by atoms with E-state index in [1.165, 1.54) is 6.92 Å². The van der Waals surface area contributed by atoms with Gasteiger partial charge in [0.15, 0.2) is 5.78 Å². The first kappa shape index (κ1) is 19.2. The molecule has 0 aromatic carbocycles. The molecule has 0 bridgehead atoms. The lowest BCUT2D eigenvalue weighted by Crippen LogP contribution is -2.60. The predicted octanol–water partition coefficient (Wildman–Crippen LogP) is 3.92. The van der Waals surface area contributed by atoms with Crippen molar-refractivity contribution in [3.63, 3.8) is 0 Å². The summed E-state index contributed by atoms with van der Waals surface area (Å²) in [7, 11) is 0. The summed E-state index contributed by atoms with van der Waals surface area (Å²) in [6.07, 6.45) is 5.21. The van der Waals surface area contributed by atoms with Crippen LogP contribution >= 0.6 is 0 Å². The smallest absolute Gasteiger partial charge is 0.302 e. The van der Waals surface area contributed by atoms with Crippen LogP contribution in [-0.4, -0.2) is 29.7 Å². The van der Waals surface area contributed by atoms with Crippen molar-refractivity contribution in [2.75, 3.05) is 0 Å². The topological polar surface area (TPSA) is 109 Å². The van der Waals surface area contributed by atoms with Gasteiger partial charge in [-0.1, -0.05) is 19.0 Å². The van der Waals surface area contributed by atoms with Crippen LogP contribution in [0.4, 0.5) is 0 Å². The first-order valence-corrected chi connectivity index (χ1v) is 10.2. The van der Waals surface area contributed by atoms with E-state index in [4.69, 9.17) is 4.74 Å². The van der Waals surface area contributed by atoms with E-state index in [9.17, 15) is 19.9 Å². The second-order valence-corrected chi connectivity index (χ2v) is 9.42. The molecule has 150 valence electrons. The molecule has 3 fully saturated rings. The number of ether oxygens (including phenoxy) is 1. The monoisotopic (exact) mass is 385 g/mol. The molecule has 7 nitrogen and oxygen atoms in total. The Kier molecular flexibility index (Phi) is 4.42. The maximum Gasteiger partial charge on any atom is 0.302 e. The molecule has 0 N–H and O–H groups in total. The number of ketones is 2. The lowest BCUT2D eigenvalue weighted by molar-refractivity contribution is -0.168. The largest absolute Gasteiger partial charge is 0.461 e. The van der Waals surface area contributed by atoms with Crippen LogP contribution in [0.15, 0.2) is 16.8 Å². The predicted molar refractivity (Wildman–Crippen MR) is 101 cm³/mol. The van der Waals surface area contributed by atoms with E-state index in [0.717, 1.165) is 24.8 Å². The van der Waals surface area contributed by atoms with Crippen molar-refractivity contribution in [3.8, 4) is 0 Å². The minimum atomic E-state index is -0.692. The van der Waals surface area contributed by atoms with E-state index in [-0.39, 0.29) is 29.0 Å². The molecule has 4 aliphatic rings. The van der Waals surface area contributed by atoms with Gasteiger partial charge in [0.2, 0.25) is 0 Å². The Balaban J connectivity index is 1.89. The van der Waals surface area contributed by atoms with Gasteiger partial charge < -0.3 is 4.74 Å². The molecular formula is C21H27N3O4. The molecule has 0 amide bonds. The van der Waals surface area contributed by atoms with Gasteiger partial charge in [-0.3, -0.25) is 14.4 Å². The van der Waals surface area contributed by atoms with Gasteiger partial charge in [-0.05, 0) is 60.1 Å². The third-order valence-corrected chi connectivity index (χ3v) is 8.21. The van der Waals surface area contributed by atoms with Crippen LogP contribution in [0.5, 0.6) is 0 Å². The Labute approximate surface area is 164 Å². The normalized spacial score (nSPS) is 44.5. The van der Waals surface area contributed by atoms with Crippen molar-refractivity contribution in [2.24, 2.45) is 33.7 Å². The molecule has 7 heteroatoms. The molecule has 28 heavy (non-hydrogen) atoms. The van der Waals surface area contributed by atoms with E-state index in [0.29, 0.717) is 25.0 Å². The fourth-order valence-electron chi connectivity index (χ4n) is 6.84. The van der Waals surface area contributed by atoms with Crippen LogP contribution in [0.2, 0.25) is 0 Å². The van der Waals surface area contributed by atoms with Gasteiger partial charge in [-0.25, -0.2) is 0 Å². The lowest BCUT2D eigenvalue weighted by Gasteiger charge is -2.60. The Morgan fingerprint density at radius 2 is 1.89 bits per heavy atom. The highest BCUT2D eigenvalue weighted by Gasteiger charge is 2.64. The zero-order valence-corrected chi connectivity index (χ0v) is 16.7. The molecule has 4 rings (SSSR count). The number of hydrogen-bond acceptors (Lipinski definition) is 5. The second-order valence-electron chi connectivity index (χ2n) is 9.42. The molecule has 7 atom stereocenters. The number of azide groups is 1. The summed E-state index contributed by atoms with van der Waals surface area (Å²) >= 11 is 0. The number of hydrogen-bond donors (Lipinski definition) is 0. The van der Waals surface area contributed by atoms with Crippen LogP contribution in [0.3, 0.4) is 0 Å². The van der Waals surface area contributed by atoms with Crippen LogP contribution in [-0.2, 0) is 19.1 Å². The van der Waals surface area contributed by atoms with E-state index in [1.807, 2.05) is 0 Å². The minimum absolute atomic E-state index is 0.0299. The van der Waals surface area contributed by atoms with E-state index in [1.54, 1.807) is 6.08 Å².